The molecule has 0 fully saturated rings. The average molecular weight is 256 g/mol. The molecule has 0 aliphatic heterocycles. The highest BCUT2D eigenvalue weighted by Crippen LogP contribution is 2.21. The van der Waals surface area contributed by atoms with Crippen LogP contribution in [0.5, 0.6) is 0 Å². The fourth-order valence-corrected chi connectivity index (χ4v) is 2.24. The van der Waals surface area contributed by atoms with Crippen LogP contribution in [0.15, 0.2) is 12.1 Å². The number of fused-ring (bicyclic) bond motifs is 1. The van der Waals surface area contributed by atoms with Gasteiger partial charge in [-0.3, -0.25) is 0 Å². The average Bonchev–Trinajstić information content (AvgIpc) is 2.63. The molecule has 0 aliphatic carbocycles. The number of aromatic nitrogens is 2. The first-order valence-electron chi connectivity index (χ1n) is 6.51. The molecule has 0 saturated heterocycles. The SMILES string of the molecule is Cc1cc2nc(CN(C)C)n(CCC#N)c2cc1C. The van der Waals surface area contributed by atoms with E-state index < -0.39 is 0 Å². The minimum atomic E-state index is 0.513. The Morgan fingerprint density at radius 2 is 1.95 bits per heavy atom. The van der Waals surface area contributed by atoms with Crippen LogP contribution in [0.3, 0.4) is 0 Å². The molecule has 0 atom stereocenters. The minimum Gasteiger partial charge on any atom is -0.326 e. The van der Waals surface area contributed by atoms with Gasteiger partial charge in [-0.05, 0) is 51.2 Å². The summed E-state index contributed by atoms with van der Waals surface area (Å²) >= 11 is 0. The molecule has 0 unspecified atom stereocenters. The second-order valence-electron chi connectivity index (χ2n) is 5.25. The number of nitrogens with zero attached hydrogens (tertiary/aromatic N) is 4. The summed E-state index contributed by atoms with van der Waals surface area (Å²) in [7, 11) is 4.06. The third kappa shape index (κ3) is 2.77. The molecular weight excluding hydrogens is 236 g/mol. The van der Waals surface area contributed by atoms with Gasteiger partial charge in [0.25, 0.3) is 0 Å². The zero-order valence-electron chi connectivity index (χ0n) is 12.1. The molecule has 0 saturated carbocycles. The van der Waals surface area contributed by atoms with Crippen molar-refractivity contribution in [3.8, 4) is 6.07 Å². The van der Waals surface area contributed by atoms with E-state index in [-0.39, 0.29) is 0 Å². The second-order valence-corrected chi connectivity index (χ2v) is 5.25. The topological polar surface area (TPSA) is 44.9 Å². The number of nitriles is 1. The minimum absolute atomic E-state index is 0.513. The highest BCUT2D eigenvalue weighted by molar-refractivity contribution is 5.78. The van der Waals surface area contributed by atoms with E-state index in [1.807, 2.05) is 14.1 Å². The summed E-state index contributed by atoms with van der Waals surface area (Å²) in [6.07, 6.45) is 0.513. The number of hydrogen-bond donors (Lipinski definition) is 0. The Bertz CT molecular complexity index is 632. The highest BCUT2D eigenvalue weighted by Gasteiger charge is 2.12. The third-order valence-electron chi connectivity index (χ3n) is 3.35. The van der Waals surface area contributed by atoms with Crippen LogP contribution in [-0.4, -0.2) is 28.5 Å². The molecule has 1 heterocycles. The lowest BCUT2D eigenvalue weighted by Crippen LogP contribution is -2.15. The highest BCUT2D eigenvalue weighted by atomic mass is 15.2. The Morgan fingerprint density at radius 3 is 2.58 bits per heavy atom. The van der Waals surface area contributed by atoms with Crippen molar-refractivity contribution >= 4 is 11.0 Å². The van der Waals surface area contributed by atoms with E-state index in [1.165, 1.54) is 11.1 Å². The predicted octanol–water partition coefficient (Wildman–Crippen LogP) is 2.63. The molecule has 4 heteroatoms. The standard InChI is InChI=1S/C15H20N4/c1-11-8-13-14(9-12(11)2)19(7-5-6-16)15(17-13)10-18(3)4/h8-9H,5,7,10H2,1-4H3. The normalized spacial score (nSPS) is 11.2. The van der Waals surface area contributed by atoms with Crippen LogP contribution in [0.4, 0.5) is 0 Å². The number of rotatable bonds is 4. The molecule has 1 aromatic carbocycles. The van der Waals surface area contributed by atoms with E-state index >= 15 is 0 Å². The third-order valence-corrected chi connectivity index (χ3v) is 3.35. The fourth-order valence-electron chi connectivity index (χ4n) is 2.24. The summed E-state index contributed by atoms with van der Waals surface area (Å²) in [6, 6.07) is 6.52. The molecule has 0 spiro atoms. The van der Waals surface area contributed by atoms with Gasteiger partial charge in [-0.1, -0.05) is 0 Å². The van der Waals surface area contributed by atoms with Crippen molar-refractivity contribution in [2.75, 3.05) is 14.1 Å². The van der Waals surface area contributed by atoms with Crippen LogP contribution in [0.2, 0.25) is 0 Å². The van der Waals surface area contributed by atoms with Gasteiger partial charge in [0.15, 0.2) is 0 Å². The summed E-state index contributed by atoms with van der Waals surface area (Å²) in [5.41, 5.74) is 4.68. The van der Waals surface area contributed by atoms with Crippen molar-refractivity contribution in [3.63, 3.8) is 0 Å². The van der Waals surface area contributed by atoms with Crippen molar-refractivity contribution < 1.29 is 0 Å². The van der Waals surface area contributed by atoms with Crippen molar-refractivity contribution in [1.29, 1.82) is 5.26 Å². The maximum Gasteiger partial charge on any atom is 0.124 e. The van der Waals surface area contributed by atoms with Gasteiger partial charge < -0.3 is 9.47 Å². The van der Waals surface area contributed by atoms with Gasteiger partial charge in [-0.15, -0.1) is 0 Å². The Labute approximate surface area is 114 Å². The first kappa shape index (κ1) is 13.6. The molecule has 19 heavy (non-hydrogen) atoms. The summed E-state index contributed by atoms with van der Waals surface area (Å²) in [4.78, 5) is 6.82. The predicted molar refractivity (Wildman–Crippen MR) is 76.8 cm³/mol. The lowest BCUT2D eigenvalue weighted by Gasteiger charge is -2.11. The number of benzene rings is 1. The fraction of sp³-hybridized carbons (Fsp3) is 0.467. The molecule has 2 rings (SSSR count). The lowest BCUT2D eigenvalue weighted by molar-refractivity contribution is 0.382. The molecule has 0 aliphatic rings. The van der Waals surface area contributed by atoms with Crippen LogP contribution in [0.25, 0.3) is 11.0 Å². The summed E-state index contributed by atoms with van der Waals surface area (Å²) < 4.78 is 2.17. The van der Waals surface area contributed by atoms with Crippen molar-refractivity contribution in [2.24, 2.45) is 0 Å². The van der Waals surface area contributed by atoms with Gasteiger partial charge >= 0.3 is 0 Å². The molecule has 2 aromatic rings. The van der Waals surface area contributed by atoms with Crippen LogP contribution >= 0.6 is 0 Å². The summed E-state index contributed by atoms with van der Waals surface area (Å²) in [6.45, 7) is 5.72. The molecule has 1 aromatic heterocycles. The van der Waals surface area contributed by atoms with Gasteiger partial charge in [-0.25, -0.2) is 4.98 Å². The Morgan fingerprint density at radius 1 is 1.26 bits per heavy atom. The molecule has 0 N–H and O–H groups in total. The van der Waals surface area contributed by atoms with Crippen molar-refractivity contribution in [1.82, 2.24) is 14.5 Å². The summed E-state index contributed by atoms with van der Waals surface area (Å²) in [5.74, 6) is 1.03. The zero-order valence-corrected chi connectivity index (χ0v) is 12.1. The number of imidazole rings is 1. The molecule has 0 radical (unpaired) electrons. The van der Waals surface area contributed by atoms with Crippen LogP contribution < -0.4 is 0 Å². The van der Waals surface area contributed by atoms with E-state index in [0.29, 0.717) is 13.0 Å². The smallest absolute Gasteiger partial charge is 0.124 e. The van der Waals surface area contributed by atoms with Gasteiger partial charge in [0.1, 0.15) is 5.82 Å². The maximum absolute atomic E-state index is 8.81. The molecule has 0 amide bonds. The van der Waals surface area contributed by atoms with E-state index in [1.54, 1.807) is 0 Å². The Balaban J connectivity index is 2.56. The maximum atomic E-state index is 8.81. The molecular formula is C15H20N4. The second kappa shape index (κ2) is 5.41. The van der Waals surface area contributed by atoms with Gasteiger partial charge in [-0.2, -0.15) is 5.26 Å². The zero-order chi connectivity index (χ0) is 14.0. The summed E-state index contributed by atoms with van der Waals surface area (Å²) in [5, 5.41) is 8.81. The van der Waals surface area contributed by atoms with Gasteiger partial charge in [0, 0.05) is 6.54 Å². The van der Waals surface area contributed by atoms with Crippen LogP contribution in [0.1, 0.15) is 23.4 Å². The van der Waals surface area contributed by atoms with E-state index in [9.17, 15) is 0 Å². The van der Waals surface area contributed by atoms with Crippen molar-refractivity contribution in [3.05, 3.63) is 29.1 Å². The number of aryl methyl sites for hydroxylation is 3. The Kier molecular flexibility index (Phi) is 3.87. The van der Waals surface area contributed by atoms with Crippen LogP contribution in [-0.2, 0) is 13.1 Å². The first-order chi connectivity index (χ1) is 9.02. The van der Waals surface area contributed by atoms with Gasteiger partial charge in [0.05, 0.1) is 30.1 Å². The van der Waals surface area contributed by atoms with Crippen molar-refractivity contribution in [2.45, 2.75) is 33.4 Å². The quantitative estimate of drug-likeness (QED) is 0.844. The van der Waals surface area contributed by atoms with E-state index in [0.717, 1.165) is 23.4 Å². The van der Waals surface area contributed by atoms with Gasteiger partial charge in [0.2, 0.25) is 0 Å². The lowest BCUT2D eigenvalue weighted by atomic mass is 10.1. The molecule has 0 bridgehead atoms. The molecule has 100 valence electrons. The monoisotopic (exact) mass is 256 g/mol. The Hall–Kier alpha value is -1.86. The van der Waals surface area contributed by atoms with E-state index in [2.05, 4.69) is 41.5 Å². The largest absolute Gasteiger partial charge is 0.326 e. The van der Waals surface area contributed by atoms with E-state index in [4.69, 9.17) is 10.2 Å². The number of hydrogen-bond acceptors (Lipinski definition) is 3. The van der Waals surface area contributed by atoms with Crippen LogP contribution in [0, 0.1) is 25.2 Å². The molecule has 4 nitrogen and oxygen atoms in total. The first-order valence-corrected chi connectivity index (χ1v) is 6.51.